The van der Waals surface area contributed by atoms with Crippen LogP contribution in [0.25, 0.3) is 0 Å². The summed E-state index contributed by atoms with van der Waals surface area (Å²) in [5.74, 6) is 2.03. The van der Waals surface area contributed by atoms with E-state index in [-0.39, 0.29) is 5.41 Å². The molecule has 92 valence electrons. The number of nitrogens with zero attached hydrogens (tertiary/aromatic N) is 4. The maximum Gasteiger partial charge on any atom is 0.223 e. The molecular weight excluding hydrogens is 238 g/mol. The molecule has 2 aromatic rings. The molecule has 2 aromatic heterocycles. The molecule has 17 heavy (non-hydrogen) atoms. The molecule has 0 saturated heterocycles. The van der Waals surface area contributed by atoms with Gasteiger partial charge in [0, 0.05) is 23.9 Å². The molecule has 0 aliphatic heterocycles. The molecule has 0 unspecified atom stereocenters. The first-order valence-electron chi connectivity index (χ1n) is 5.32. The van der Waals surface area contributed by atoms with E-state index in [1.165, 1.54) is 11.5 Å². The van der Waals surface area contributed by atoms with Gasteiger partial charge >= 0.3 is 0 Å². The van der Waals surface area contributed by atoms with Gasteiger partial charge in [0.2, 0.25) is 11.0 Å². The standard InChI is InChI=1S/C10H15N5OS/c1-6-12-7(14-16-6)5-11-9-13-8(15-17-9)10(2,3)4/h5H2,1-4H3,(H,11,13,15). The minimum Gasteiger partial charge on any atom is -0.353 e. The summed E-state index contributed by atoms with van der Waals surface area (Å²) in [7, 11) is 0. The monoisotopic (exact) mass is 253 g/mol. The fourth-order valence-corrected chi connectivity index (χ4v) is 1.92. The lowest BCUT2D eigenvalue weighted by Crippen LogP contribution is -2.13. The summed E-state index contributed by atoms with van der Waals surface area (Å²) >= 11 is 1.34. The number of aromatic nitrogens is 4. The first-order chi connectivity index (χ1) is 7.95. The normalized spacial score (nSPS) is 11.8. The van der Waals surface area contributed by atoms with Gasteiger partial charge in [-0.3, -0.25) is 0 Å². The largest absolute Gasteiger partial charge is 0.353 e. The minimum atomic E-state index is -0.0286. The summed E-state index contributed by atoms with van der Waals surface area (Å²) in [6, 6.07) is 0. The molecule has 0 amide bonds. The lowest BCUT2D eigenvalue weighted by atomic mass is 9.96. The van der Waals surface area contributed by atoms with Gasteiger partial charge in [-0.15, -0.1) is 0 Å². The molecule has 2 heterocycles. The first-order valence-corrected chi connectivity index (χ1v) is 6.10. The molecule has 0 spiro atoms. The lowest BCUT2D eigenvalue weighted by Gasteiger charge is -2.12. The number of rotatable bonds is 3. The maximum atomic E-state index is 4.88. The Kier molecular flexibility index (Phi) is 3.10. The highest BCUT2D eigenvalue weighted by atomic mass is 32.1. The Balaban J connectivity index is 1.98. The molecule has 0 bridgehead atoms. The first kappa shape index (κ1) is 12.0. The summed E-state index contributed by atoms with van der Waals surface area (Å²) < 4.78 is 9.19. The van der Waals surface area contributed by atoms with Gasteiger partial charge in [0.1, 0.15) is 5.82 Å². The molecule has 2 rings (SSSR count). The van der Waals surface area contributed by atoms with Crippen molar-refractivity contribution in [1.82, 2.24) is 19.5 Å². The zero-order valence-corrected chi connectivity index (χ0v) is 11.1. The SMILES string of the molecule is Cc1nc(CNc2nc(C(C)(C)C)ns2)no1. The van der Waals surface area contributed by atoms with E-state index in [2.05, 4.69) is 45.6 Å². The Bertz CT molecular complexity index is 499. The molecule has 0 saturated carbocycles. The molecule has 7 heteroatoms. The van der Waals surface area contributed by atoms with E-state index in [9.17, 15) is 0 Å². The van der Waals surface area contributed by atoms with Crippen molar-refractivity contribution < 1.29 is 4.52 Å². The smallest absolute Gasteiger partial charge is 0.223 e. The van der Waals surface area contributed by atoms with Gasteiger partial charge in [-0.25, -0.2) is 4.98 Å². The highest BCUT2D eigenvalue weighted by Crippen LogP contribution is 2.22. The van der Waals surface area contributed by atoms with Crippen molar-refractivity contribution >= 4 is 16.7 Å². The van der Waals surface area contributed by atoms with Crippen LogP contribution in [0.15, 0.2) is 4.52 Å². The van der Waals surface area contributed by atoms with Crippen molar-refractivity contribution in [3.63, 3.8) is 0 Å². The van der Waals surface area contributed by atoms with Gasteiger partial charge in [-0.2, -0.15) is 9.36 Å². The second-order valence-corrected chi connectivity index (χ2v) is 5.51. The van der Waals surface area contributed by atoms with Crippen molar-refractivity contribution in [2.24, 2.45) is 0 Å². The summed E-state index contributed by atoms with van der Waals surface area (Å²) in [4.78, 5) is 8.51. The fourth-order valence-electron chi connectivity index (χ4n) is 1.17. The zero-order chi connectivity index (χ0) is 12.5. The molecule has 0 atom stereocenters. The summed E-state index contributed by atoms with van der Waals surface area (Å²) in [5, 5.41) is 7.70. The third-order valence-corrected chi connectivity index (χ3v) is 2.74. The second kappa shape index (κ2) is 4.40. The average Bonchev–Trinajstić information content (AvgIpc) is 2.82. The number of aryl methyl sites for hydroxylation is 1. The van der Waals surface area contributed by atoms with Crippen LogP contribution in [0.5, 0.6) is 0 Å². The minimum absolute atomic E-state index is 0.0286. The van der Waals surface area contributed by atoms with E-state index in [1.54, 1.807) is 6.92 Å². The lowest BCUT2D eigenvalue weighted by molar-refractivity contribution is 0.388. The van der Waals surface area contributed by atoms with E-state index in [1.807, 2.05) is 0 Å². The highest BCUT2D eigenvalue weighted by molar-refractivity contribution is 7.09. The molecule has 0 aromatic carbocycles. The van der Waals surface area contributed by atoms with Gasteiger partial charge in [0.25, 0.3) is 0 Å². The fraction of sp³-hybridized carbons (Fsp3) is 0.600. The van der Waals surface area contributed by atoms with Crippen LogP contribution in [0.1, 0.15) is 38.3 Å². The molecule has 0 fully saturated rings. The van der Waals surface area contributed by atoms with E-state index >= 15 is 0 Å². The Morgan fingerprint density at radius 2 is 2.06 bits per heavy atom. The topological polar surface area (TPSA) is 76.7 Å². The Morgan fingerprint density at radius 3 is 2.59 bits per heavy atom. The van der Waals surface area contributed by atoms with Gasteiger partial charge in [-0.05, 0) is 0 Å². The van der Waals surface area contributed by atoms with E-state index in [0.717, 1.165) is 11.0 Å². The molecule has 6 nitrogen and oxygen atoms in total. The van der Waals surface area contributed by atoms with Crippen LogP contribution in [0.2, 0.25) is 0 Å². The van der Waals surface area contributed by atoms with Gasteiger partial charge in [-0.1, -0.05) is 25.9 Å². The summed E-state index contributed by atoms with van der Waals surface area (Å²) in [6.07, 6.45) is 0. The van der Waals surface area contributed by atoms with Gasteiger partial charge in [0.15, 0.2) is 5.82 Å². The summed E-state index contributed by atoms with van der Waals surface area (Å²) in [6.45, 7) is 8.51. The number of anilines is 1. The van der Waals surface area contributed by atoms with E-state index in [0.29, 0.717) is 18.3 Å². The second-order valence-electron chi connectivity index (χ2n) is 4.76. The van der Waals surface area contributed by atoms with Crippen molar-refractivity contribution in [2.45, 2.75) is 39.7 Å². The maximum absolute atomic E-state index is 4.88. The highest BCUT2D eigenvalue weighted by Gasteiger charge is 2.19. The molecule has 0 aliphatic carbocycles. The van der Waals surface area contributed by atoms with Crippen LogP contribution in [-0.2, 0) is 12.0 Å². The average molecular weight is 253 g/mol. The van der Waals surface area contributed by atoms with Crippen molar-refractivity contribution in [1.29, 1.82) is 0 Å². The van der Waals surface area contributed by atoms with Crippen LogP contribution >= 0.6 is 11.5 Å². The number of hydrogen-bond donors (Lipinski definition) is 1. The molecule has 1 N–H and O–H groups in total. The predicted octanol–water partition coefficient (Wildman–Crippen LogP) is 2.14. The van der Waals surface area contributed by atoms with Gasteiger partial charge in [0.05, 0.1) is 6.54 Å². The molecule has 0 radical (unpaired) electrons. The molecular formula is C10H15N5OS. The zero-order valence-electron chi connectivity index (χ0n) is 10.3. The van der Waals surface area contributed by atoms with E-state index in [4.69, 9.17) is 4.52 Å². The van der Waals surface area contributed by atoms with Crippen molar-refractivity contribution in [3.8, 4) is 0 Å². The number of nitrogens with one attached hydrogen (secondary N) is 1. The summed E-state index contributed by atoms with van der Waals surface area (Å²) in [5.41, 5.74) is -0.0286. The van der Waals surface area contributed by atoms with Crippen LogP contribution < -0.4 is 5.32 Å². The van der Waals surface area contributed by atoms with Crippen molar-refractivity contribution in [2.75, 3.05) is 5.32 Å². The molecule has 0 aliphatic rings. The predicted molar refractivity (Wildman–Crippen MR) is 65.0 cm³/mol. The third kappa shape index (κ3) is 3.00. The van der Waals surface area contributed by atoms with E-state index < -0.39 is 0 Å². The van der Waals surface area contributed by atoms with Crippen LogP contribution in [0.4, 0.5) is 5.13 Å². The van der Waals surface area contributed by atoms with Crippen LogP contribution in [0, 0.1) is 6.92 Å². The van der Waals surface area contributed by atoms with Crippen LogP contribution in [-0.4, -0.2) is 19.5 Å². The van der Waals surface area contributed by atoms with Gasteiger partial charge < -0.3 is 9.84 Å². The number of hydrogen-bond acceptors (Lipinski definition) is 7. The Hall–Kier alpha value is -1.50. The van der Waals surface area contributed by atoms with Crippen LogP contribution in [0.3, 0.4) is 0 Å². The quantitative estimate of drug-likeness (QED) is 0.903. The Labute approximate surface area is 104 Å². The Morgan fingerprint density at radius 1 is 1.29 bits per heavy atom. The van der Waals surface area contributed by atoms with Crippen molar-refractivity contribution in [3.05, 3.63) is 17.5 Å². The third-order valence-electron chi connectivity index (χ3n) is 2.06.